The van der Waals surface area contributed by atoms with E-state index in [9.17, 15) is 0 Å². The van der Waals surface area contributed by atoms with Crippen LogP contribution in [-0.2, 0) is 0 Å². The second kappa shape index (κ2) is 6.95. The van der Waals surface area contributed by atoms with Crippen LogP contribution in [0.3, 0.4) is 0 Å². The Morgan fingerprint density at radius 1 is 1.44 bits per heavy atom. The van der Waals surface area contributed by atoms with Crippen LogP contribution in [-0.4, -0.2) is 47.5 Å². The van der Waals surface area contributed by atoms with E-state index in [1.807, 2.05) is 12.3 Å². The average molecular weight is 259 g/mol. The summed E-state index contributed by atoms with van der Waals surface area (Å²) < 4.78 is 0. The Labute approximate surface area is 105 Å². The summed E-state index contributed by atoms with van der Waals surface area (Å²) >= 11 is 3.22. The first-order valence-corrected chi connectivity index (χ1v) is 7.04. The highest BCUT2D eigenvalue weighted by Crippen LogP contribution is 2.21. The molecule has 0 saturated carbocycles. The predicted octanol–water partition coefficient (Wildman–Crippen LogP) is 1.14. The summed E-state index contributed by atoms with van der Waals surface area (Å²) in [6, 6.07) is 1.86. The summed E-state index contributed by atoms with van der Waals surface area (Å²) in [5.41, 5.74) is 2.55. The SMILES string of the molecule is CSc1nc(NN)cc(SCCN(C)C)n1. The van der Waals surface area contributed by atoms with Crippen LogP contribution >= 0.6 is 23.5 Å². The fourth-order valence-corrected chi connectivity index (χ4v) is 2.42. The molecule has 7 heteroatoms. The third kappa shape index (κ3) is 4.56. The van der Waals surface area contributed by atoms with Crippen LogP contribution in [0.25, 0.3) is 0 Å². The summed E-state index contributed by atoms with van der Waals surface area (Å²) in [5.74, 6) is 7.01. The van der Waals surface area contributed by atoms with Gasteiger partial charge in [0.15, 0.2) is 5.16 Å². The number of aromatic nitrogens is 2. The van der Waals surface area contributed by atoms with Crippen molar-refractivity contribution in [1.29, 1.82) is 0 Å². The van der Waals surface area contributed by atoms with E-state index in [2.05, 4.69) is 34.4 Å². The smallest absolute Gasteiger partial charge is 0.190 e. The van der Waals surface area contributed by atoms with Crippen molar-refractivity contribution in [3.05, 3.63) is 6.07 Å². The van der Waals surface area contributed by atoms with E-state index in [0.29, 0.717) is 5.82 Å². The molecule has 0 radical (unpaired) electrons. The molecule has 1 aromatic rings. The van der Waals surface area contributed by atoms with E-state index in [1.54, 1.807) is 11.8 Å². The van der Waals surface area contributed by atoms with Crippen LogP contribution in [0.5, 0.6) is 0 Å². The van der Waals surface area contributed by atoms with E-state index >= 15 is 0 Å². The van der Waals surface area contributed by atoms with Gasteiger partial charge in [0.2, 0.25) is 0 Å². The molecule has 0 spiro atoms. The van der Waals surface area contributed by atoms with Gasteiger partial charge in [-0.2, -0.15) is 0 Å². The minimum Gasteiger partial charge on any atom is -0.309 e. The number of rotatable bonds is 6. The summed E-state index contributed by atoms with van der Waals surface area (Å²) in [6.45, 7) is 1.02. The monoisotopic (exact) mass is 259 g/mol. The summed E-state index contributed by atoms with van der Waals surface area (Å²) in [6.07, 6.45) is 1.95. The molecule has 0 aliphatic rings. The standard InChI is InChI=1S/C9H17N5S2/c1-14(2)4-5-16-8-6-7(13-10)11-9(12-8)15-3/h6H,4-5,10H2,1-3H3,(H,11,12,13). The second-order valence-corrected chi connectivity index (χ2v) is 5.26. The summed E-state index contributed by atoms with van der Waals surface area (Å²) in [4.78, 5) is 10.7. The lowest BCUT2D eigenvalue weighted by atomic mass is 10.6. The lowest BCUT2D eigenvalue weighted by Crippen LogP contribution is -2.15. The van der Waals surface area contributed by atoms with Crippen LogP contribution in [0, 0.1) is 0 Å². The lowest BCUT2D eigenvalue weighted by Gasteiger charge is -2.09. The molecule has 0 fully saturated rings. The Hall–Kier alpha value is -0.500. The molecule has 0 amide bonds. The average Bonchev–Trinajstić information content (AvgIpc) is 2.28. The largest absolute Gasteiger partial charge is 0.309 e. The molecule has 0 unspecified atom stereocenters. The van der Waals surface area contributed by atoms with Gasteiger partial charge >= 0.3 is 0 Å². The van der Waals surface area contributed by atoms with Gasteiger partial charge in [0.05, 0.1) is 0 Å². The van der Waals surface area contributed by atoms with Crippen LogP contribution < -0.4 is 11.3 Å². The summed E-state index contributed by atoms with van der Waals surface area (Å²) in [7, 11) is 4.11. The highest BCUT2D eigenvalue weighted by Gasteiger charge is 2.03. The first-order valence-electron chi connectivity index (χ1n) is 4.83. The fourth-order valence-electron chi connectivity index (χ4n) is 0.976. The second-order valence-electron chi connectivity index (χ2n) is 3.37. The highest BCUT2D eigenvalue weighted by atomic mass is 32.2. The third-order valence-corrected chi connectivity index (χ3v) is 3.24. The molecule has 16 heavy (non-hydrogen) atoms. The van der Waals surface area contributed by atoms with Gasteiger partial charge in [-0.05, 0) is 20.4 Å². The molecule has 5 nitrogen and oxygen atoms in total. The van der Waals surface area contributed by atoms with E-state index < -0.39 is 0 Å². The van der Waals surface area contributed by atoms with Crippen molar-refractivity contribution < 1.29 is 0 Å². The van der Waals surface area contributed by atoms with E-state index in [0.717, 1.165) is 22.5 Å². The fraction of sp³-hybridized carbons (Fsp3) is 0.556. The van der Waals surface area contributed by atoms with Crippen molar-refractivity contribution >= 4 is 29.3 Å². The van der Waals surface area contributed by atoms with Gasteiger partial charge < -0.3 is 10.3 Å². The molecular formula is C9H17N5S2. The van der Waals surface area contributed by atoms with Gasteiger partial charge in [0, 0.05) is 18.4 Å². The summed E-state index contributed by atoms with van der Waals surface area (Å²) in [5, 5.41) is 1.69. The maximum Gasteiger partial charge on any atom is 0.190 e. The van der Waals surface area contributed by atoms with Crippen molar-refractivity contribution in [2.45, 2.75) is 10.2 Å². The number of hydrogen-bond acceptors (Lipinski definition) is 7. The first kappa shape index (κ1) is 13.6. The lowest BCUT2D eigenvalue weighted by molar-refractivity contribution is 0.437. The van der Waals surface area contributed by atoms with Crippen molar-refractivity contribution in [2.24, 2.45) is 5.84 Å². The Morgan fingerprint density at radius 2 is 2.19 bits per heavy atom. The van der Waals surface area contributed by atoms with Crippen LogP contribution in [0.2, 0.25) is 0 Å². The zero-order chi connectivity index (χ0) is 12.0. The number of hydrogen-bond donors (Lipinski definition) is 2. The molecule has 1 aromatic heterocycles. The number of anilines is 1. The molecule has 0 saturated heterocycles. The molecule has 0 bridgehead atoms. The number of nitrogens with two attached hydrogens (primary N) is 1. The molecule has 0 aromatic carbocycles. The Bertz CT molecular complexity index is 309. The molecule has 0 aliphatic carbocycles. The Morgan fingerprint density at radius 3 is 2.75 bits per heavy atom. The number of nitrogens with one attached hydrogen (secondary N) is 1. The van der Waals surface area contributed by atoms with Gasteiger partial charge in [-0.1, -0.05) is 11.8 Å². The van der Waals surface area contributed by atoms with Gasteiger partial charge in [0.25, 0.3) is 0 Å². The Balaban J connectivity index is 2.64. The quantitative estimate of drug-likeness (QED) is 0.261. The molecular weight excluding hydrogens is 242 g/mol. The van der Waals surface area contributed by atoms with Crippen LogP contribution in [0.4, 0.5) is 5.82 Å². The van der Waals surface area contributed by atoms with E-state index in [1.165, 1.54) is 11.8 Å². The highest BCUT2D eigenvalue weighted by molar-refractivity contribution is 7.99. The number of nitrogen functional groups attached to an aromatic ring is 1. The van der Waals surface area contributed by atoms with E-state index in [-0.39, 0.29) is 0 Å². The van der Waals surface area contributed by atoms with Gasteiger partial charge in [-0.15, -0.1) is 11.8 Å². The van der Waals surface area contributed by atoms with Crippen LogP contribution in [0.1, 0.15) is 0 Å². The van der Waals surface area contributed by atoms with Gasteiger partial charge in [-0.3, -0.25) is 0 Å². The van der Waals surface area contributed by atoms with Crippen LogP contribution in [0.15, 0.2) is 16.2 Å². The van der Waals surface area contributed by atoms with Crippen molar-refractivity contribution in [1.82, 2.24) is 14.9 Å². The van der Waals surface area contributed by atoms with Crippen molar-refractivity contribution in [3.63, 3.8) is 0 Å². The molecule has 1 heterocycles. The zero-order valence-corrected chi connectivity index (χ0v) is 11.4. The topological polar surface area (TPSA) is 67.1 Å². The van der Waals surface area contributed by atoms with Gasteiger partial charge in [0.1, 0.15) is 10.8 Å². The molecule has 0 atom stereocenters. The number of hydrazine groups is 1. The zero-order valence-electron chi connectivity index (χ0n) is 9.73. The minimum absolute atomic E-state index is 0.659. The predicted molar refractivity (Wildman–Crippen MR) is 70.9 cm³/mol. The van der Waals surface area contributed by atoms with Gasteiger partial charge in [-0.25, -0.2) is 15.8 Å². The maximum atomic E-state index is 5.35. The first-order chi connectivity index (χ1) is 7.65. The molecule has 3 N–H and O–H groups in total. The molecule has 90 valence electrons. The minimum atomic E-state index is 0.659. The van der Waals surface area contributed by atoms with E-state index in [4.69, 9.17) is 5.84 Å². The third-order valence-electron chi connectivity index (χ3n) is 1.80. The molecule has 1 rings (SSSR count). The molecule has 0 aliphatic heterocycles. The Kier molecular flexibility index (Phi) is 5.89. The number of thioether (sulfide) groups is 2. The van der Waals surface area contributed by atoms with Crippen molar-refractivity contribution in [2.75, 3.05) is 38.1 Å². The maximum absolute atomic E-state index is 5.35. The number of nitrogens with zero attached hydrogens (tertiary/aromatic N) is 3. The normalized spacial score (nSPS) is 10.8. The van der Waals surface area contributed by atoms with Crippen molar-refractivity contribution in [3.8, 4) is 0 Å².